The molecular weight excluding hydrogens is 368 g/mol. The molecule has 2 atom stereocenters. The van der Waals surface area contributed by atoms with Crippen LogP contribution in [-0.4, -0.2) is 49.7 Å². The molecule has 120 valence electrons. The number of nitrogens with zero attached hydrogens (tertiary/aromatic N) is 2. The van der Waals surface area contributed by atoms with Crippen molar-refractivity contribution < 1.29 is 13.2 Å². The molecule has 22 heavy (non-hydrogen) atoms. The van der Waals surface area contributed by atoms with Crippen molar-refractivity contribution in [1.82, 2.24) is 9.21 Å². The molecule has 1 aromatic carbocycles. The summed E-state index contributed by atoms with van der Waals surface area (Å²) >= 11 is 3.30. The normalized spacial score (nSPS) is 26.0. The molecule has 0 spiro atoms. The lowest BCUT2D eigenvalue weighted by atomic mass is 10.2. The fraction of sp³-hybridized carbons (Fsp3) is 0.533. The van der Waals surface area contributed by atoms with Crippen molar-refractivity contribution in [2.24, 2.45) is 11.8 Å². The summed E-state index contributed by atoms with van der Waals surface area (Å²) in [6.45, 7) is 3.77. The van der Waals surface area contributed by atoms with E-state index in [9.17, 15) is 13.2 Å². The van der Waals surface area contributed by atoms with E-state index < -0.39 is 10.0 Å². The summed E-state index contributed by atoms with van der Waals surface area (Å²) in [6.07, 6.45) is 0.968. The van der Waals surface area contributed by atoms with Crippen LogP contribution in [0.2, 0.25) is 0 Å². The number of hydrogen-bond donors (Lipinski definition) is 0. The van der Waals surface area contributed by atoms with Crippen LogP contribution in [0.5, 0.6) is 0 Å². The summed E-state index contributed by atoms with van der Waals surface area (Å²) in [4.78, 5) is 14.3. The number of amides is 1. The van der Waals surface area contributed by atoms with Crippen LogP contribution in [0.4, 0.5) is 0 Å². The lowest BCUT2D eigenvalue weighted by molar-refractivity contribution is -0.134. The highest BCUT2D eigenvalue weighted by Gasteiger charge is 2.42. The van der Waals surface area contributed by atoms with E-state index in [1.54, 1.807) is 29.2 Å². The first-order chi connectivity index (χ1) is 10.4. The zero-order chi connectivity index (χ0) is 15.9. The SMILES string of the molecule is C[C@H]1C[C@H]1C(=O)N1CCN(S(=O)(=O)c2cccc(Br)c2)CC1. The molecule has 1 amide bonds. The first-order valence-electron chi connectivity index (χ1n) is 7.44. The number of carbonyl (C=O) groups excluding carboxylic acids is 1. The van der Waals surface area contributed by atoms with Gasteiger partial charge in [0, 0.05) is 36.6 Å². The fourth-order valence-electron chi connectivity index (χ4n) is 2.83. The molecule has 0 unspecified atom stereocenters. The molecule has 1 heterocycles. The number of rotatable bonds is 3. The average molecular weight is 387 g/mol. The van der Waals surface area contributed by atoms with Gasteiger partial charge in [-0.15, -0.1) is 0 Å². The lowest BCUT2D eigenvalue weighted by Crippen LogP contribution is -2.51. The Morgan fingerprint density at radius 2 is 1.86 bits per heavy atom. The van der Waals surface area contributed by atoms with Crippen molar-refractivity contribution in [3.8, 4) is 0 Å². The predicted octanol–water partition coefficient (Wildman–Crippen LogP) is 1.94. The van der Waals surface area contributed by atoms with Gasteiger partial charge in [-0.25, -0.2) is 8.42 Å². The zero-order valence-corrected chi connectivity index (χ0v) is 14.8. The minimum atomic E-state index is -3.48. The largest absolute Gasteiger partial charge is 0.340 e. The predicted molar refractivity (Wildman–Crippen MR) is 86.8 cm³/mol. The molecule has 0 aromatic heterocycles. The van der Waals surface area contributed by atoms with Gasteiger partial charge in [0.1, 0.15) is 0 Å². The lowest BCUT2D eigenvalue weighted by Gasteiger charge is -2.34. The van der Waals surface area contributed by atoms with Crippen molar-refractivity contribution in [3.05, 3.63) is 28.7 Å². The molecule has 5 nitrogen and oxygen atoms in total. The summed E-state index contributed by atoms with van der Waals surface area (Å²) in [5.74, 6) is 0.830. The smallest absolute Gasteiger partial charge is 0.243 e. The Balaban J connectivity index is 1.67. The van der Waals surface area contributed by atoms with Gasteiger partial charge in [0.05, 0.1) is 4.90 Å². The van der Waals surface area contributed by atoms with E-state index in [1.807, 2.05) is 0 Å². The van der Waals surface area contributed by atoms with Crippen molar-refractivity contribution in [1.29, 1.82) is 0 Å². The quantitative estimate of drug-likeness (QED) is 0.797. The molecule has 0 bridgehead atoms. The molecule has 7 heteroatoms. The Kier molecular flexibility index (Phi) is 4.31. The standard InChI is InChI=1S/C15H19BrN2O3S/c1-11-9-14(11)15(19)17-5-7-18(8-6-17)22(20,21)13-4-2-3-12(16)10-13/h2-4,10-11,14H,5-9H2,1H3/t11-,14+/m0/s1. The van der Waals surface area contributed by atoms with Gasteiger partial charge in [-0.05, 0) is 30.5 Å². The van der Waals surface area contributed by atoms with Crippen LogP contribution in [0, 0.1) is 11.8 Å². The fourth-order valence-corrected chi connectivity index (χ4v) is 4.85. The van der Waals surface area contributed by atoms with Crippen LogP contribution in [0.1, 0.15) is 13.3 Å². The second-order valence-electron chi connectivity index (χ2n) is 6.01. The van der Waals surface area contributed by atoms with Crippen LogP contribution < -0.4 is 0 Å². The highest BCUT2D eigenvalue weighted by Crippen LogP contribution is 2.39. The summed E-state index contributed by atoms with van der Waals surface area (Å²) in [5.41, 5.74) is 0. The van der Waals surface area contributed by atoms with Gasteiger partial charge < -0.3 is 4.90 Å². The average Bonchev–Trinajstić information content (AvgIpc) is 3.23. The maximum Gasteiger partial charge on any atom is 0.243 e. The van der Waals surface area contributed by atoms with Gasteiger partial charge in [-0.2, -0.15) is 4.31 Å². The molecule has 2 aliphatic rings. The number of halogens is 1. The van der Waals surface area contributed by atoms with E-state index in [2.05, 4.69) is 22.9 Å². The summed E-state index contributed by atoms with van der Waals surface area (Å²) in [6, 6.07) is 6.72. The summed E-state index contributed by atoms with van der Waals surface area (Å²) in [7, 11) is -3.48. The minimum Gasteiger partial charge on any atom is -0.340 e. The molecule has 2 fully saturated rings. The first kappa shape index (κ1) is 16.0. The van der Waals surface area contributed by atoms with Gasteiger partial charge >= 0.3 is 0 Å². The van der Waals surface area contributed by atoms with E-state index >= 15 is 0 Å². The van der Waals surface area contributed by atoms with E-state index in [-0.39, 0.29) is 16.7 Å². The van der Waals surface area contributed by atoms with Crippen LogP contribution >= 0.6 is 15.9 Å². The first-order valence-corrected chi connectivity index (χ1v) is 9.67. The molecule has 1 aromatic rings. The Hall–Kier alpha value is -0.920. The third-order valence-corrected chi connectivity index (χ3v) is 6.80. The topological polar surface area (TPSA) is 57.7 Å². The molecule has 1 aliphatic heterocycles. The molecule has 1 saturated heterocycles. The Labute approximate surface area is 139 Å². The van der Waals surface area contributed by atoms with Gasteiger partial charge in [-0.3, -0.25) is 4.79 Å². The number of sulfonamides is 1. The van der Waals surface area contributed by atoms with Crippen LogP contribution in [0.3, 0.4) is 0 Å². The van der Waals surface area contributed by atoms with Gasteiger partial charge in [-0.1, -0.05) is 28.9 Å². The van der Waals surface area contributed by atoms with E-state index in [0.717, 1.165) is 10.9 Å². The van der Waals surface area contributed by atoms with Crippen molar-refractivity contribution in [3.63, 3.8) is 0 Å². The summed E-state index contributed by atoms with van der Waals surface area (Å²) in [5, 5.41) is 0. The molecular formula is C15H19BrN2O3S. The number of hydrogen-bond acceptors (Lipinski definition) is 3. The highest BCUT2D eigenvalue weighted by molar-refractivity contribution is 9.10. The maximum absolute atomic E-state index is 12.6. The third-order valence-electron chi connectivity index (χ3n) is 4.41. The Bertz CT molecular complexity index is 684. The Morgan fingerprint density at radius 3 is 2.41 bits per heavy atom. The number of benzene rings is 1. The monoisotopic (exact) mass is 386 g/mol. The van der Waals surface area contributed by atoms with E-state index in [4.69, 9.17) is 0 Å². The van der Waals surface area contributed by atoms with Crippen molar-refractivity contribution in [2.45, 2.75) is 18.2 Å². The molecule has 1 aliphatic carbocycles. The molecule has 0 radical (unpaired) electrons. The number of piperazine rings is 1. The van der Waals surface area contributed by atoms with Crippen LogP contribution in [0.25, 0.3) is 0 Å². The van der Waals surface area contributed by atoms with Gasteiger partial charge in [0.2, 0.25) is 15.9 Å². The maximum atomic E-state index is 12.6. The van der Waals surface area contributed by atoms with E-state index in [0.29, 0.717) is 32.1 Å². The zero-order valence-electron chi connectivity index (χ0n) is 12.4. The Morgan fingerprint density at radius 1 is 1.23 bits per heavy atom. The second-order valence-corrected chi connectivity index (χ2v) is 8.86. The molecule has 1 saturated carbocycles. The van der Waals surface area contributed by atoms with Crippen molar-refractivity contribution >= 4 is 31.9 Å². The molecule has 3 rings (SSSR count). The highest BCUT2D eigenvalue weighted by atomic mass is 79.9. The third kappa shape index (κ3) is 3.07. The van der Waals surface area contributed by atoms with Crippen LogP contribution in [0.15, 0.2) is 33.6 Å². The number of carbonyl (C=O) groups is 1. The minimum absolute atomic E-state index is 0.160. The van der Waals surface area contributed by atoms with Crippen molar-refractivity contribution in [2.75, 3.05) is 26.2 Å². The second kappa shape index (κ2) is 5.94. The van der Waals surface area contributed by atoms with Gasteiger partial charge in [0.25, 0.3) is 0 Å². The van der Waals surface area contributed by atoms with Gasteiger partial charge in [0.15, 0.2) is 0 Å². The molecule has 0 N–H and O–H groups in total. The van der Waals surface area contributed by atoms with E-state index in [1.165, 1.54) is 4.31 Å². The van der Waals surface area contributed by atoms with Crippen LogP contribution in [-0.2, 0) is 14.8 Å². The summed E-state index contributed by atoms with van der Waals surface area (Å²) < 4.78 is 27.4.